The lowest BCUT2D eigenvalue weighted by Gasteiger charge is -2.21. The van der Waals surface area contributed by atoms with E-state index in [1.165, 1.54) is 0 Å². The molecular weight excluding hydrogens is 198 g/mol. The Balaban J connectivity index is 4.58. The Morgan fingerprint density at radius 2 is 1.87 bits per heavy atom. The average Bonchev–Trinajstić information content (AvgIpc) is 2.10. The SMILES string of the molecule is COC(=O)[C@H](CC#N)C(=O)OC(C)(C)C. The lowest BCUT2D eigenvalue weighted by atomic mass is 10.1. The van der Waals surface area contributed by atoms with Gasteiger partial charge in [-0.1, -0.05) is 0 Å². The monoisotopic (exact) mass is 213 g/mol. The molecule has 0 saturated carbocycles. The van der Waals surface area contributed by atoms with E-state index >= 15 is 0 Å². The second-order valence-electron chi connectivity index (χ2n) is 3.97. The maximum Gasteiger partial charge on any atom is 0.321 e. The number of esters is 2. The minimum Gasteiger partial charge on any atom is -0.468 e. The molecule has 1 atom stereocenters. The lowest BCUT2D eigenvalue weighted by Crippen LogP contribution is -2.33. The van der Waals surface area contributed by atoms with E-state index in [2.05, 4.69) is 4.74 Å². The fourth-order valence-electron chi connectivity index (χ4n) is 0.869. The molecule has 15 heavy (non-hydrogen) atoms. The van der Waals surface area contributed by atoms with Gasteiger partial charge in [0.15, 0.2) is 5.92 Å². The second kappa shape index (κ2) is 5.35. The Hall–Kier alpha value is -1.57. The van der Waals surface area contributed by atoms with E-state index in [1.807, 2.05) is 0 Å². The predicted octanol–water partition coefficient (Wildman–Crippen LogP) is 1.03. The van der Waals surface area contributed by atoms with Gasteiger partial charge in [-0.05, 0) is 20.8 Å². The largest absolute Gasteiger partial charge is 0.468 e. The molecule has 0 radical (unpaired) electrons. The second-order valence-corrected chi connectivity index (χ2v) is 3.97. The van der Waals surface area contributed by atoms with Gasteiger partial charge in [0.2, 0.25) is 0 Å². The molecule has 0 aromatic heterocycles. The molecule has 0 fully saturated rings. The zero-order valence-electron chi connectivity index (χ0n) is 9.36. The number of nitriles is 1. The summed E-state index contributed by atoms with van der Waals surface area (Å²) in [6.07, 6.45) is -0.235. The van der Waals surface area contributed by atoms with Gasteiger partial charge in [0.25, 0.3) is 0 Å². The first-order chi connectivity index (χ1) is 6.81. The number of hydrogen-bond donors (Lipinski definition) is 0. The summed E-state index contributed by atoms with van der Waals surface area (Å²) < 4.78 is 9.39. The van der Waals surface area contributed by atoms with Gasteiger partial charge < -0.3 is 9.47 Å². The molecule has 0 aliphatic rings. The zero-order valence-corrected chi connectivity index (χ0v) is 9.36. The first kappa shape index (κ1) is 13.4. The molecule has 0 aliphatic heterocycles. The number of nitrogens with zero attached hydrogens (tertiary/aromatic N) is 1. The maximum absolute atomic E-state index is 11.5. The zero-order chi connectivity index (χ0) is 12.1. The molecule has 0 spiro atoms. The first-order valence-electron chi connectivity index (χ1n) is 4.49. The van der Waals surface area contributed by atoms with Crippen LogP contribution in [0.5, 0.6) is 0 Å². The van der Waals surface area contributed by atoms with Crippen LogP contribution in [0.1, 0.15) is 27.2 Å². The molecule has 5 heteroatoms. The fourth-order valence-corrected chi connectivity index (χ4v) is 0.869. The van der Waals surface area contributed by atoms with Crippen LogP contribution in [0.2, 0.25) is 0 Å². The van der Waals surface area contributed by atoms with E-state index in [0.29, 0.717) is 0 Å². The predicted molar refractivity (Wildman–Crippen MR) is 51.6 cm³/mol. The fraction of sp³-hybridized carbons (Fsp3) is 0.700. The van der Waals surface area contributed by atoms with Crippen LogP contribution in [0.15, 0.2) is 0 Å². The molecule has 0 rings (SSSR count). The quantitative estimate of drug-likeness (QED) is 0.517. The Kier molecular flexibility index (Phi) is 4.79. The highest BCUT2D eigenvalue weighted by atomic mass is 16.6. The van der Waals surface area contributed by atoms with Crippen LogP contribution in [0.3, 0.4) is 0 Å². The van der Waals surface area contributed by atoms with Crippen molar-refractivity contribution in [2.24, 2.45) is 5.92 Å². The first-order valence-corrected chi connectivity index (χ1v) is 4.49. The highest BCUT2D eigenvalue weighted by Crippen LogP contribution is 2.14. The number of carbonyl (C=O) groups excluding carboxylic acids is 2. The van der Waals surface area contributed by atoms with Crippen LogP contribution < -0.4 is 0 Å². The Bertz CT molecular complexity index is 285. The Labute approximate surface area is 89.0 Å². The average molecular weight is 213 g/mol. The topological polar surface area (TPSA) is 76.4 Å². The summed E-state index contributed by atoms with van der Waals surface area (Å²) in [5.41, 5.74) is -0.682. The van der Waals surface area contributed by atoms with E-state index in [-0.39, 0.29) is 6.42 Å². The van der Waals surface area contributed by atoms with Gasteiger partial charge in [-0.2, -0.15) is 5.26 Å². The van der Waals surface area contributed by atoms with Crippen LogP contribution in [0, 0.1) is 17.2 Å². The number of methoxy groups -OCH3 is 1. The van der Waals surface area contributed by atoms with Gasteiger partial charge in [-0.3, -0.25) is 9.59 Å². The van der Waals surface area contributed by atoms with Crippen LogP contribution in [-0.2, 0) is 19.1 Å². The molecule has 0 amide bonds. The van der Waals surface area contributed by atoms with Crippen molar-refractivity contribution in [1.29, 1.82) is 5.26 Å². The normalized spacial score (nSPS) is 12.5. The van der Waals surface area contributed by atoms with Crippen molar-refractivity contribution in [2.75, 3.05) is 7.11 Å². The van der Waals surface area contributed by atoms with Crippen molar-refractivity contribution in [3.8, 4) is 6.07 Å². The van der Waals surface area contributed by atoms with Crippen molar-refractivity contribution < 1.29 is 19.1 Å². The van der Waals surface area contributed by atoms with E-state index < -0.39 is 23.5 Å². The summed E-state index contributed by atoms with van der Waals surface area (Å²) in [5.74, 6) is -2.62. The van der Waals surface area contributed by atoms with Gasteiger partial charge in [-0.25, -0.2) is 0 Å². The molecule has 84 valence electrons. The van der Waals surface area contributed by atoms with E-state index in [4.69, 9.17) is 10.00 Å². The third-order valence-corrected chi connectivity index (χ3v) is 1.47. The minimum atomic E-state index is -1.15. The Morgan fingerprint density at radius 1 is 1.33 bits per heavy atom. The van der Waals surface area contributed by atoms with Crippen molar-refractivity contribution in [3.05, 3.63) is 0 Å². The van der Waals surface area contributed by atoms with Gasteiger partial charge in [0.1, 0.15) is 5.60 Å². The number of carbonyl (C=O) groups is 2. The highest BCUT2D eigenvalue weighted by molar-refractivity contribution is 5.95. The summed E-state index contributed by atoms with van der Waals surface area (Å²) in [5, 5.41) is 8.46. The molecule has 0 N–H and O–H groups in total. The number of rotatable bonds is 3. The molecule has 5 nitrogen and oxygen atoms in total. The van der Waals surface area contributed by atoms with Crippen molar-refractivity contribution in [3.63, 3.8) is 0 Å². The van der Waals surface area contributed by atoms with E-state index in [9.17, 15) is 9.59 Å². The van der Waals surface area contributed by atoms with Gasteiger partial charge in [0, 0.05) is 0 Å². The van der Waals surface area contributed by atoms with E-state index in [1.54, 1.807) is 26.8 Å². The third-order valence-electron chi connectivity index (χ3n) is 1.47. The van der Waals surface area contributed by atoms with E-state index in [0.717, 1.165) is 7.11 Å². The van der Waals surface area contributed by atoms with Crippen molar-refractivity contribution >= 4 is 11.9 Å². The highest BCUT2D eigenvalue weighted by Gasteiger charge is 2.31. The minimum absolute atomic E-state index is 0.235. The molecule has 0 unspecified atom stereocenters. The van der Waals surface area contributed by atoms with Gasteiger partial charge in [-0.15, -0.1) is 0 Å². The molecule has 0 saturated heterocycles. The molecule has 0 aliphatic carbocycles. The van der Waals surface area contributed by atoms with Gasteiger partial charge >= 0.3 is 11.9 Å². The third kappa shape index (κ3) is 5.01. The summed E-state index contributed by atoms with van der Waals surface area (Å²) >= 11 is 0. The van der Waals surface area contributed by atoms with Crippen molar-refractivity contribution in [2.45, 2.75) is 32.8 Å². The van der Waals surface area contributed by atoms with Crippen LogP contribution in [0.4, 0.5) is 0 Å². The summed E-state index contributed by atoms with van der Waals surface area (Å²) in [6, 6.07) is 1.75. The smallest absolute Gasteiger partial charge is 0.321 e. The maximum atomic E-state index is 11.5. The van der Waals surface area contributed by atoms with Crippen LogP contribution >= 0.6 is 0 Å². The molecule has 0 bridgehead atoms. The molecule has 0 aromatic rings. The van der Waals surface area contributed by atoms with Crippen molar-refractivity contribution in [1.82, 2.24) is 0 Å². The molecular formula is C10H15NO4. The van der Waals surface area contributed by atoms with Crippen LogP contribution in [-0.4, -0.2) is 24.6 Å². The summed E-state index contributed by atoms with van der Waals surface area (Å²) in [4.78, 5) is 22.6. The lowest BCUT2D eigenvalue weighted by molar-refractivity contribution is -0.167. The molecule has 0 aromatic carbocycles. The summed E-state index contributed by atoms with van der Waals surface area (Å²) in [7, 11) is 1.16. The number of hydrogen-bond acceptors (Lipinski definition) is 5. The van der Waals surface area contributed by atoms with Gasteiger partial charge in [0.05, 0.1) is 19.6 Å². The Morgan fingerprint density at radius 3 is 2.20 bits per heavy atom. The number of ether oxygens (including phenoxy) is 2. The molecule has 0 heterocycles. The standard InChI is InChI=1S/C10H15NO4/c1-10(2,3)15-9(13)7(5-6-11)8(12)14-4/h7H,5H2,1-4H3/t7-/m0/s1. The summed E-state index contributed by atoms with van der Waals surface area (Å²) in [6.45, 7) is 5.06. The van der Waals surface area contributed by atoms with Crippen LogP contribution in [0.25, 0.3) is 0 Å².